The van der Waals surface area contributed by atoms with Gasteiger partial charge in [-0.05, 0) is 30.3 Å². The predicted octanol–water partition coefficient (Wildman–Crippen LogP) is 2.53. The van der Waals surface area contributed by atoms with Gasteiger partial charge in [0.1, 0.15) is 29.1 Å². The monoisotopic (exact) mass is 475 g/mol. The van der Waals surface area contributed by atoms with Crippen LogP contribution in [0, 0.1) is 28.5 Å². The molecule has 0 atom stereocenters. The number of nitrogens with one attached hydrogen (secondary N) is 1. The standard InChI is InChI=1S/C22H15ClFN9O/c23-18-14(24)4-5-15-17(18)21(34)33(12-3-1-2-11(8-12)9-25)16(30-15)6-7-29-20-13(10-26)19(27)31-22(28)32-20/h1-5,8H,6-7H2,(H5,27,28,29,31,32). The summed E-state index contributed by atoms with van der Waals surface area (Å²) in [5, 5.41) is 21.1. The van der Waals surface area contributed by atoms with Crippen molar-refractivity contribution in [2.75, 3.05) is 23.3 Å². The Balaban J connectivity index is 1.81. The lowest BCUT2D eigenvalue weighted by atomic mass is 10.2. The first-order valence-corrected chi connectivity index (χ1v) is 10.2. The lowest BCUT2D eigenvalue weighted by Gasteiger charge is -2.15. The summed E-state index contributed by atoms with van der Waals surface area (Å²) in [6, 6.07) is 12.8. The van der Waals surface area contributed by atoms with E-state index in [1.54, 1.807) is 18.2 Å². The number of hydrogen-bond donors (Lipinski definition) is 3. The molecule has 2 aromatic heterocycles. The third-order valence-corrected chi connectivity index (χ3v) is 5.31. The lowest BCUT2D eigenvalue weighted by molar-refractivity contribution is 0.629. The largest absolute Gasteiger partial charge is 0.382 e. The van der Waals surface area contributed by atoms with Gasteiger partial charge in [0.2, 0.25) is 5.95 Å². The van der Waals surface area contributed by atoms with Gasteiger partial charge in [0, 0.05) is 13.0 Å². The Bertz CT molecular complexity index is 1590. The molecule has 0 bridgehead atoms. The third-order valence-electron chi connectivity index (χ3n) is 4.94. The molecule has 10 nitrogen and oxygen atoms in total. The summed E-state index contributed by atoms with van der Waals surface area (Å²) in [4.78, 5) is 25.7. The van der Waals surface area contributed by atoms with Crippen LogP contribution in [0.25, 0.3) is 16.6 Å². The maximum atomic E-state index is 14.1. The molecule has 34 heavy (non-hydrogen) atoms. The SMILES string of the molecule is N#Cc1cccc(-n2c(CCNc3nc(N)nc(N)c3C#N)nc3ccc(F)c(Cl)c3c2=O)c1. The van der Waals surface area contributed by atoms with Gasteiger partial charge in [-0.3, -0.25) is 9.36 Å². The molecule has 0 saturated carbocycles. The highest BCUT2D eigenvalue weighted by molar-refractivity contribution is 6.35. The number of nitrogen functional groups attached to an aromatic ring is 2. The number of benzene rings is 2. The highest BCUT2D eigenvalue weighted by Gasteiger charge is 2.18. The van der Waals surface area contributed by atoms with E-state index in [2.05, 4.69) is 20.3 Å². The summed E-state index contributed by atoms with van der Waals surface area (Å²) in [5.41, 5.74) is 11.7. The average molecular weight is 476 g/mol. The summed E-state index contributed by atoms with van der Waals surface area (Å²) in [6.07, 6.45) is 0.172. The summed E-state index contributed by atoms with van der Waals surface area (Å²) in [5.74, 6) is -0.481. The molecular formula is C22H15ClFN9O. The number of hydrogen-bond acceptors (Lipinski definition) is 9. The van der Waals surface area contributed by atoms with Gasteiger partial charge in [0.15, 0.2) is 5.82 Å². The second-order valence-electron chi connectivity index (χ2n) is 7.07. The van der Waals surface area contributed by atoms with E-state index in [4.69, 9.17) is 23.1 Å². The quantitative estimate of drug-likeness (QED) is 0.392. The van der Waals surface area contributed by atoms with Crippen LogP contribution in [0.1, 0.15) is 17.0 Å². The number of fused-ring (bicyclic) bond motifs is 1. The van der Waals surface area contributed by atoms with E-state index in [0.717, 1.165) is 6.07 Å². The van der Waals surface area contributed by atoms with Crippen molar-refractivity contribution in [3.63, 3.8) is 0 Å². The van der Waals surface area contributed by atoms with Crippen molar-refractivity contribution in [3.05, 3.63) is 74.5 Å². The molecule has 0 fully saturated rings. The van der Waals surface area contributed by atoms with Crippen molar-refractivity contribution < 1.29 is 4.39 Å². The molecule has 0 spiro atoms. The van der Waals surface area contributed by atoms with Crippen LogP contribution >= 0.6 is 11.6 Å². The zero-order valence-corrected chi connectivity index (χ0v) is 18.1. The summed E-state index contributed by atoms with van der Waals surface area (Å²) in [6.45, 7) is 0.176. The fraction of sp³-hybridized carbons (Fsp3) is 0.0909. The predicted molar refractivity (Wildman–Crippen MR) is 125 cm³/mol. The molecule has 2 aromatic carbocycles. The molecule has 168 valence electrons. The highest BCUT2D eigenvalue weighted by Crippen LogP contribution is 2.24. The Hall–Kier alpha value is -4.74. The van der Waals surface area contributed by atoms with Gasteiger partial charge in [-0.15, -0.1) is 0 Å². The minimum Gasteiger partial charge on any atom is -0.382 e. The van der Waals surface area contributed by atoms with Gasteiger partial charge >= 0.3 is 0 Å². The van der Waals surface area contributed by atoms with Crippen LogP contribution in [0.3, 0.4) is 0 Å². The number of aromatic nitrogens is 4. The Morgan fingerprint density at radius 3 is 2.65 bits per heavy atom. The lowest BCUT2D eigenvalue weighted by Crippen LogP contribution is -2.26. The zero-order chi connectivity index (χ0) is 24.4. The molecule has 0 aliphatic rings. The topological polar surface area (TPSA) is 172 Å². The van der Waals surface area contributed by atoms with Crippen molar-refractivity contribution in [3.8, 4) is 17.8 Å². The molecule has 0 radical (unpaired) electrons. The van der Waals surface area contributed by atoms with Crippen LogP contribution < -0.4 is 22.3 Å². The fourth-order valence-electron chi connectivity index (χ4n) is 3.43. The second kappa shape index (κ2) is 9.02. The number of nitrogens with two attached hydrogens (primary N) is 2. The van der Waals surface area contributed by atoms with E-state index in [1.165, 1.54) is 16.7 Å². The first-order chi connectivity index (χ1) is 16.3. The smallest absolute Gasteiger partial charge is 0.267 e. The summed E-state index contributed by atoms with van der Waals surface area (Å²) in [7, 11) is 0. The van der Waals surface area contributed by atoms with Crippen molar-refractivity contribution in [1.82, 2.24) is 19.5 Å². The zero-order valence-electron chi connectivity index (χ0n) is 17.4. The van der Waals surface area contributed by atoms with Crippen molar-refractivity contribution >= 4 is 40.1 Å². The van der Waals surface area contributed by atoms with Gasteiger partial charge in [-0.2, -0.15) is 20.5 Å². The number of anilines is 3. The Morgan fingerprint density at radius 1 is 1.12 bits per heavy atom. The number of nitrogens with zero attached hydrogens (tertiary/aromatic N) is 6. The maximum absolute atomic E-state index is 14.1. The molecule has 2 heterocycles. The van der Waals surface area contributed by atoms with Crippen molar-refractivity contribution in [2.45, 2.75) is 6.42 Å². The maximum Gasteiger partial charge on any atom is 0.267 e. The van der Waals surface area contributed by atoms with Gasteiger partial charge in [0.25, 0.3) is 5.56 Å². The molecule has 0 saturated heterocycles. The van der Waals surface area contributed by atoms with E-state index >= 15 is 0 Å². The van der Waals surface area contributed by atoms with Gasteiger partial charge in [-0.1, -0.05) is 17.7 Å². The fourth-order valence-corrected chi connectivity index (χ4v) is 3.67. The normalized spacial score (nSPS) is 10.6. The molecule has 12 heteroatoms. The van der Waals surface area contributed by atoms with E-state index in [9.17, 15) is 19.7 Å². The van der Waals surface area contributed by atoms with E-state index < -0.39 is 11.4 Å². The van der Waals surface area contributed by atoms with Gasteiger partial charge < -0.3 is 16.8 Å². The molecule has 0 aliphatic heterocycles. The van der Waals surface area contributed by atoms with Crippen LogP contribution in [-0.4, -0.2) is 26.1 Å². The van der Waals surface area contributed by atoms with Crippen LogP contribution in [0.2, 0.25) is 5.02 Å². The number of halogens is 2. The minimum absolute atomic E-state index is 0.0297. The van der Waals surface area contributed by atoms with Crippen molar-refractivity contribution in [2.24, 2.45) is 0 Å². The summed E-state index contributed by atoms with van der Waals surface area (Å²) >= 11 is 6.09. The van der Waals surface area contributed by atoms with Crippen LogP contribution in [0.4, 0.5) is 22.0 Å². The van der Waals surface area contributed by atoms with Gasteiger partial charge in [0.05, 0.1) is 33.2 Å². The van der Waals surface area contributed by atoms with Crippen LogP contribution in [0.5, 0.6) is 0 Å². The molecule has 0 amide bonds. The highest BCUT2D eigenvalue weighted by atomic mass is 35.5. The molecule has 4 rings (SSSR count). The van der Waals surface area contributed by atoms with E-state index in [0.29, 0.717) is 17.1 Å². The average Bonchev–Trinajstić information content (AvgIpc) is 2.81. The van der Waals surface area contributed by atoms with Crippen molar-refractivity contribution in [1.29, 1.82) is 10.5 Å². The van der Waals surface area contributed by atoms with Crippen LogP contribution in [0.15, 0.2) is 41.2 Å². The first kappa shape index (κ1) is 22.5. The second-order valence-corrected chi connectivity index (χ2v) is 7.44. The third kappa shape index (κ3) is 4.03. The Kier molecular flexibility index (Phi) is 5.95. The summed E-state index contributed by atoms with van der Waals surface area (Å²) < 4.78 is 15.4. The number of nitriles is 2. The Morgan fingerprint density at radius 2 is 1.91 bits per heavy atom. The first-order valence-electron chi connectivity index (χ1n) is 9.81. The van der Waals surface area contributed by atoms with Gasteiger partial charge in [-0.25, -0.2) is 9.37 Å². The Labute approximate surface area is 196 Å². The number of rotatable bonds is 5. The molecule has 0 aliphatic carbocycles. The molecular weight excluding hydrogens is 461 g/mol. The van der Waals surface area contributed by atoms with E-state index in [1.807, 2.05) is 12.1 Å². The molecule has 4 aromatic rings. The van der Waals surface area contributed by atoms with E-state index in [-0.39, 0.29) is 52.0 Å². The minimum atomic E-state index is -0.747. The van der Waals surface area contributed by atoms with Crippen LogP contribution in [-0.2, 0) is 6.42 Å². The molecule has 0 unspecified atom stereocenters. The molecule has 5 N–H and O–H groups in total.